The van der Waals surface area contributed by atoms with Crippen LogP contribution < -0.4 is 11.1 Å². The Morgan fingerprint density at radius 3 is 2.88 bits per heavy atom. The highest BCUT2D eigenvalue weighted by Gasteiger charge is 2.37. The first kappa shape index (κ1) is 18.5. The van der Waals surface area contributed by atoms with Gasteiger partial charge in [0.1, 0.15) is 5.76 Å². The largest absolute Gasteiger partial charge is 0.441 e. The van der Waals surface area contributed by atoms with Gasteiger partial charge in [-0.15, -0.1) is 12.4 Å². The van der Waals surface area contributed by atoms with Crippen LogP contribution in [0.15, 0.2) is 34.9 Å². The van der Waals surface area contributed by atoms with Gasteiger partial charge in [0.2, 0.25) is 11.8 Å². The molecule has 0 aliphatic heterocycles. The number of rotatable bonds is 3. The minimum atomic E-state index is -0.431. The van der Waals surface area contributed by atoms with E-state index in [1.54, 1.807) is 6.20 Å². The summed E-state index contributed by atoms with van der Waals surface area (Å²) in [4.78, 5) is 16.8. The Kier molecular flexibility index (Phi) is 5.67. The number of nitrogens with zero attached hydrogens (tertiary/aromatic N) is 1. The standard InChI is InChI=1S/C18H23N3O2.ClH/c1-12-11-20-17(23-12)13-6-5-7-14(10-13)21-16(22)15-8-3-4-9-18(15,2)19;/h5-7,10-11,15H,3-4,8-9,19H2,1-2H3,(H,21,22);1H. The molecule has 1 aliphatic rings. The number of aryl methyl sites for hydroxylation is 1. The molecule has 2 aromatic rings. The van der Waals surface area contributed by atoms with Gasteiger partial charge in [0.25, 0.3) is 0 Å². The maximum atomic E-state index is 12.6. The number of hydrogen-bond acceptors (Lipinski definition) is 4. The zero-order chi connectivity index (χ0) is 16.4. The van der Waals surface area contributed by atoms with E-state index in [0.29, 0.717) is 5.89 Å². The van der Waals surface area contributed by atoms with Crippen LogP contribution in [0.2, 0.25) is 0 Å². The predicted octanol–water partition coefficient (Wildman–Crippen LogP) is 3.92. The van der Waals surface area contributed by atoms with Crippen molar-refractivity contribution in [3.8, 4) is 11.5 Å². The Balaban J connectivity index is 0.00000208. The number of hydrogen-bond donors (Lipinski definition) is 2. The van der Waals surface area contributed by atoms with E-state index >= 15 is 0 Å². The Hall–Kier alpha value is -1.85. The molecule has 0 spiro atoms. The van der Waals surface area contributed by atoms with Gasteiger partial charge in [-0.2, -0.15) is 0 Å². The number of anilines is 1. The van der Waals surface area contributed by atoms with Crippen molar-refractivity contribution in [1.82, 2.24) is 4.98 Å². The smallest absolute Gasteiger partial charge is 0.229 e. The number of nitrogens with one attached hydrogen (secondary N) is 1. The van der Waals surface area contributed by atoms with Gasteiger partial charge in [0.15, 0.2) is 0 Å². The first-order valence-corrected chi connectivity index (χ1v) is 8.08. The second-order valence-corrected chi connectivity index (χ2v) is 6.65. The number of aromatic nitrogens is 1. The predicted molar refractivity (Wildman–Crippen MR) is 97.1 cm³/mol. The normalized spacial score (nSPS) is 23.4. The van der Waals surface area contributed by atoms with Crippen LogP contribution in [-0.2, 0) is 4.79 Å². The summed E-state index contributed by atoms with van der Waals surface area (Å²) in [5.41, 5.74) is 7.47. The first-order valence-electron chi connectivity index (χ1n) is 8.08. The second kappa shape index (κ2) is 7.36. The van der Waals surface area contributed by atoms with Crippen molar-refractivity contribution in [2.75, 3.05) is 5.32 Å². The summed E-state index contributed by atoms with van der Waals surface area (Å²) in [6.07, 6.45) is 5.57. The average molecular weight is 350 g/mol. The van der Waals surface area contributed by atoms with Crippen LogP contribution in [0.1, 0.15) is 38.4 Å². The third-order valence-corrected chi connectivity index (χ3v) is 4.57. The third kappa shape index (κ3) is 3.97. The summed E-state index contributed by atoms with van der Waals surface area (Å²) < 4.78 is 5.54. The zero-order valence-corrected chi connectivity index (χ0v) is 14.9. The van der Waals surface area contributed by atoms with Gasteiger partial charge in [-0.3, -0.25) is 4.79 Å². The average Bonchev–Trinajstić information content (AvgIpc) is 2.93. The van der Waals surface area contributed by atoms with Crippen LogP contribution >= 0.6 is 12.4 Å². The van der Waals surface area contributed by atoms with E-state index in [-0.39, 0.29) is 24.2 Å². The number of halogens is 1. The molecule has 3 rings (SSSR count). The van der Waals surface area contributed by atoms with Crippen LogP contribution in [0.4, 0.5) is 5.69 Å². The highest BCUT2D eigenvalue weighted by Crippen LogP contribution is 2.32. The molecule has 3 N–H and O–H groups in total. The number of carbonyl (C=O) groups excluding carboxylic acids is 1. The van der Waals surface area contributed by atoms with E-state index in [9.17, 15) is 4.79 Å². The van der Waals surface area contributed by atoms with E-state index in [2.05, 4.69) is 10.3 Å². The minimum absolute atomic E-state index is 0. The van der Waals surface area contributed by atoms with Gasteiger partial charge < -0.3 is 15.5 Å². The quantitative estimate of drug-likeness (QED) is 0.880. The molecule has 1 fully saturated rings. The van der Waals surface area contributed by atoms with Gasteiger partial charge in [-0.1, -0.05) is 18.9 Å². The molecular weight excluding hydrogens is 326 g/mol. The highest BCUT2D eigenvalue weighted by atomic mass is 35.5. The van der Waals surface area contributed by atoms with Crippen molar-refractivity contribution < 1.29 is 9.21 Å². The van der Waals surface area contributed by atoms with Crippen molar-refractivity contribution in [2.24, 2.45) is 11.7 Å². The Morgan fingerprint density at radius 2 is 2.21 bits per heavy atom. The molecule has 0 saturated heterocycles. The number of amides is 1. The fourth-order valence-electron chi connectivity index (χ4n) is 3.24. The molecule has 0 radical (unpaired) electrons. The highest BCUT2D eigenvalue weighted by molar-refractivity contribution is 5.94. The lowest BCUT2D eigenvalue weighted by molar-refractivity contribution is -0.122. The SMILES string of the molecule is Cc1cnc(-c2cccc(NC(=O)C3CCCCC3(C)N)c2)o1.Cl. The van der Waals surface area contributed by atoms with Gasteiger partial charge in [0.05, 0.1) is 12.1 Å². The van der Waals surface area contributed by atoms with Gasteiger partial charge in [-0.05, 0) is 44.9 Å². The number of nitrogens with two attached hydrogens (primary N) is 1. The van der Waals surface area contributed by atoms with E-state index in [0.717, 1.165) is 42.7 Å². The van der Waals surface area contributed by atoms with Crippen LogP contribution in [0, 0.1) is 12.8 Å². The molecule has 2 atom stereocenters. The van der Waals surface area contributed by atoms with Crippen molar-refractivity contribution >= 4 is 24.0 Å². The van der Waals surface area contributed by atoms with Crippen LogP contribution in [0.5, 0.6) is 0 Å². The minimum Gasteiger partial charge on any atom is -0.441 e. The maximum absolute atomic E-state index is 12.6. The fraction of sp³-hybridized carbons (Fsp3) is 0.444. The molecule has 1 saturated carbocycles. The molecule has 1 amide bonds. The molecule has 2 unspecified atom stereocenters. The van der Waals surface area contributed by atoms with Crippen LogP contribution in [-0.4, -0.2) is 16.4 Å². The van der Waals surface area contributed by atoms with Crippen molar-refractivity contribution in [2.45, 2.75) is 45.1 Å². The van der Waals surface area contributed by atoms with E-state index in [1.807, 2.05) is 38.1 Å². The summed E-state index contributed by atoms with van der Waals surface area (Å²) >= 11 is 0. The number of oxazole rings is 1. The Bertz CT molecular complexity index is 712. The van der Waals surface area contributed by atoms with Gasteiger partial charge in [-0.25, -0.2) is 4.98 Å². The monoisotopic (exact) mass is 349 g/mol. The Morgan fingerprint density at radius 1 is 1.42 bits per heavy atom. The van der Waals surface area contributed by atoms with Crippen molar-refractivity contribution in [3.63, 3.8) is 0 Å². The molecule has 1 heterocycles. The molecule has 1 aliphatic carbocycles. The molecule has 5 nitrogen and oxygen atoms in total. The molecular formula is C18H24ClN3O2. The van der Waals surface area contributed by atoms with E-state index < -0.39 is 5.54 Å². The summed E-state index contributed by atoms with van der Waals surface area (Å²) in [5.74, 6) is 1.16. The number of carbonyl (C=O) groups is 1. The molecule has 6 heteroatoms. The molecule has 1 aromatic heterocycles. The molecule has 0 bridgehead atoms. The Labute approximate surface area is 148 Å². The maximum Gasteiger partial charge on any atom is 0.229 e. The summed E-state index contributed by atoms with van der Waals surface area (Å²) in [7, 11) is 0. The molecule has 24 heavy (non-hydrogen) atoms. The lowest BCUT2D eigenvalue weighted by Gasteiger charge is -2.37. The lowest BCUT2D eigenvalue weighted by atomic mass is 9.74. The van der Waals surface area contributed by atoms with E-state index in [1.165, 1.54) is 0 Å². The summed E-state index contributed by atoms with van der Waals surface area (Å²) in [5, 5.41) is 3.00. The summed E-state index contributed by atoms with van der Waals surface area (Å²) in [6, 6.07) is 7.54. The first-order chi connectivity index (χ1) is 11.0. The molecule has 1 aromatic carbocycles. The van der Waals surface area contributed by atoms with Gasteiger partial charge in [0, 0.05) is 16.8 Å². The molecule has 130 valence electrons. The fourth-order valence-corrected chi connectivity index (χ4v) is 3.24. The third-order valence-electron chi connectivity index (χ3n) is 4.57. The lowest BCUT2D eigenvalue weighted by Crippen LogP contribution is -2.51. The zero-order valence-electron chi connectivity index (χ0n) is 14.0. The van der Waals surface area contributed by atoms with Gasteiger partial charge >= 0.3 is 0 Å². The number of benzene rings is 1. The van der Waals surface area contributed by atoms with Crippen molar-refractivity contribution in [1.29, 1.82) is 0 Å². The van der Waals surface area contributed by atoms with Crippen molar-refractivity contribution in [3.05, 3.63) is 36.2 Å². The van der Waals surface area contributed by atoms with E-state index in [4.69, 9.17) is 10.2 Å². The second-order valence-electron chi connectivity index (χ2n) is 6.65. The van der Waals surface area contributed by atoms with Crippen LogP contribution in [0.3, 0.4) is 0 Å². The topological polar surface area (TPSA) is 81.2 Å². The summed E-state index contributed by atoms with van der Waals surface area (Å²) in [6.45, 7) is 3.83. The van der Waals surface area contributed by atoms with Crippen LogP contribution in [0.25, 0.3) is 11.5 Å².